The first-order valence-corrected chi connectivity index (χ1v) is 6.94. The van der Waals surface area contributed by atoms with Crippen molar-refractivity contribution in [2.24, 2.45) is 5.92 Å². The fourth-order valence-corrected chi connectivity index (χ4v) is 1.91. The van der Waals surface area contributed by atoms with Crippen LogP contribution in [0.25, 0.3) is 0 Å². The molecule has 1 aromatic rings. The third kappa shape index (κ3) is 6.25. The molecule has 21 heavy (non-hydrogen) atoms. The van der Waals surface area contributed by atoms with Crippen molar-refractivity contribution in [3.63, 3.8) is 0 Å². The molecule has 0 aliphatic rings. The second kappa shape index (κ2) is 8.24. The van der Waals surface area contributed by atoms with Gasteiger partial charge in [0.05, 0.1) is 6.04 Å². The summed E-state index contributed by atoms with van der Waals surface area (Å²) in [6.07, 6.45) is 0. The molecule has 5 nitrogen and oxygen atoms in total. The van der Waals surface area contributed by atoms with E-state index < -0.39 is 0 Å². The monoisotopic (exact) mass is 295 g/mol. The summed E-state index contributed by atoms with van der Waals surface area (Å²) in [5, 5.41) is 8.11. The Morgan fingerprint density at radius 3 is 2.19 bits per heavy atom. The van der Waals surface area contributed by atoms with E-state index in [0.29, 0.717) is 13.1 Å². The van der Waals surface area contributed by atoms with Crippen molar-refractivity contribution in [2.75, 3.05) is 13.1 Å². The molecule has 1 atom stereocenters. The van der Waals surface area contributed by atoms with Gasteiger partial charge in [-0.15, -0.1) is 0 Å². The van der Waals surface area contributed by atoms with Crippen LogP contribution in [-0.4, -0.2) is 25.0 Å². The minimum atomic E-state index is -0.316. The van der Waals surface area contributed by atoms with Crippen LogP contribution >= 0.6 is 0 Å². The highest BCUT2D eigenvalue weighted by molar-refractivity contribution is 5.75. The highest BCUT2D eigenvalue weighted by Gasteiger charge is 2.18. The number of halogens is 1. The van der Waals surface area contributed by atoms with Crippen LogP contribution in [0.2, 0.25) is 0 Å². The summed E-state index contributed by atoms with van der Waals surface area (Å²) in [5.41, 5.74) is 0.850. The Hall–Kier alpha value is -2.11. The lowest BCUT2D eigenvalue weighted by molar-refractivity contribution is -0.118. The van der Waals surface area contributed by atoms with Gasteiger partial charge in [-0.2, -0.15) is 0 Å². The minimum absolute atomic E-state index is 0.136. The van der Waals surface area contributed by atoms with E-state index in [1.54, 1.807) is 12.1 Å². The molecular weight excluding hydrogens is 273 g/mol. The molecule has 116 valence electrons. The van der Waals surface area contributed by atoms with E-state index in [0.717, 1.165) is 5.56 Å². The number of carbonyl (C=O) groups is 2. The molecule has 0 fully saturated rings. The summed E-state index contributed by atoms with van der Waals surface area (Å²) in [6, 6.07) is 5.56. The number of benzene rings is 1. The average molecular weight is 295 g/mol. The molecule has 0 saturated heterocycles. The molecule has 6 heteroatoms. The van der Waals surface area contributed by atoms with Crippen LogP contribution in [0.5, 0.6) is 0 Å². The second-order valence-electron chi connectivity index (χ2n) is 5.16. The van der Waals surface area contributed by atoms with Crippen molar-refractivity contribution >= 4 is 11.9 Å². The van der Waals surface area contributed by atoms with Crippen molar-refractivity contribution in [2.45, 2.75) is 26.8 Å². The van der Waals surface area contributed by atoms with E-state index >= 15 is 0 Å². The van der Waals surface area contributed by atoms with Gasteiger partial charge in [0.2, 0.25) is 5.91 Å². The van der Waals surface area contributed by atoms with Crippen LogP contribution in [0.4, 0.5) is 9.18 Å². The molecule has 3 N–H and O–H groups in total. The number of nitrogens with one attached hydrogen (secondary N) is 3. The molecule has 3 amide bonds. The van der Waals surface area contributed by atoms with Crippen LogP contribution in [-0.2, 0) is 4.79 Å². The Bertz CT molecular complexity index is 474. The van der Waals surface area contributed by atoms with Crippen molar-refractivity contribution in [1.82, 2.24) is 16.0 Å². The molecule has 0 aliphatic carbocycles. The van der Waals surface area contributed by atoms with E-state index in [1.807, 2.05) is 13.8 Å². The van der Waals surface area contributed by atoms with Gasteiger partial charge >= 0.3 is 6.03 Å². The zero-order valence-electron chi connectivity index (χ0n) is 12.6. The number of urea groups is 1. The van der Waals surface area contributed by atoms with Crippen LogP contribution in [0, 0.1) is 11.7 Å². The maximum atomic E-state index is 13.0. The first kappa shape index (κ1) is 16.9. The largest absolute Gasteiger partial charge is 0.355 e. The van der Waals surface area contributed by atoms with Gasteiger partial charge in [0.1, 0.15) is 5.82 Å². The van der Waals surface area contributed by atoms with E-state index in [-0.39, 0.29) is 29.7 Å². The van der Waals surface area contributed by atoms with Gasteiger partial charge in [-0.3, -0.25) is 4.79 Å². The highest BCUT2D eigenvalue weighted by atomic mass is 19.1. The van der Waals surface area contributed by atoms with Crippen LogP contribution in [0.3, 0.4) is 0 Å². The standard InChI is InChI=1S/C15H22FN3O2/c1-10(2)14(12-4-6-13(16)7-5-12)19-15(21)18-9-8-17-11(3)20/h4-7,10,14H,8-9H2,1-3H3,(H,17,20)(H2,18,19,21). The van der Waals surface area contributed by atoms with Gasteiger partial charge < -0.3 is 16.0 Å². The molecule has 0 saturated carbocycles. The summed E-state index contributed by atoms with van der Waals surface area (Å²) in [7, 11) is 0. The number of carbonyl (C=O) groups excluding carboxylic acids is 2. The SMILES string of the molecule is CC(=O)NCCNC(=O)NC(c1ccc(F)cc1)C(C)C. The summed E-state index contributed by atoms with van der Waals surface area (Å²) in [4.78, 5) is 22.5. The van der Waals surface area contributed by atoms with Crippen molar-refractivity contribution in [3.8, 4) is 0 Å². The van der Waals surface area contributed by atoms with Crippen molar-refractivity contribution in [3.05, 3.63) is 35.6 Å². The Morgan fingerprint density at radius 2 is 1.67 bits per heavy atom. The molecule has 1 aromatic carbocycles. The Kier molecular flexibility index (Phi) is 6.65. The van der Waals surface area contributed by atoms with E-state index in [2.05, 4.69) is 16.0 Å². The third-order valence-electron chi connectivity index (χ3n) is 2.97. The summed E-state index contributed by atoms with van der Waals surface area (Å²) in [5.74, 6) is -0.277. The number of rotatable bonds is 6. The van der Waals surface area contributed by atoms with Gasteiger partial charge in [0.15, 0.2) is 0 Å². The molecular formula is C15H22FN3O2. The van der Waals surface area contributed by atoms with Gasteiger partial charge in [-0.25, -0.2) is 9.18 Å². The van der Waals surface area contributed by atoms with E-state index in [4.69, 9.17) is 0 Å². The zero-order chi connectivity index (χ0) is 15.8. The molecule has 1 unspecified atom stereocenters. The van der Waals surface area contributed by atoms with Crippen LogP contribution in [0.15, 0.2) is 24.3 Å². The lowest BCUT2D eigenvalue weighted by Crippen LogP contribution is -2.42. The Labute approximate surface area is 124 Å². The molecule has 0 aliphatic heterocycles. The first-order chi connectivity index (χ1) is 9.90. The molecule has 0 bridgehead atoms. The Balaban J connectivity index is 2.52. The third-order valence-corrected chi connectivity index (χ3v) is 2.97. The van der Waals surface area contributed by atoms with Gasteiger partial charge in [-0.1, -0.05) is 26.0 Å². The van der Waals surface area contributed by atoms with Crippen molar-refractivity contribution in [1.29, 1.82) is 0 Å². The lowest BCUT2D eigenvalue weighted by atomic mass is 9.96. The predicted molar refractivity (Wildman–Crippen MR) is 79.2 cm³/mol. The summed E-state index contributed by atoms with van der Waals surface area (Å²) < 4.78 is 13.0. The molecule has 1 rings (SSSR count). The fraction of sp³-hybridized carbons (Fsp3) is 0.467. The molecule has 0 spiro atoms. The fourth-order valence-electron chi connectivity index (χ4n) is 1.91. The second-order valence-corrected chi connectivity index (χ2v) is 5.16. The maximum Gasteiger partial charge on any atom is 0.315 e. The molecule has 0 heterocycles. The number of hydrogen-bond donors (Lipinski definition) is 3. The predicted octanol–water partition coefficient (Wildman–Crippen LogP) is 1.96. The molecule has 0 radical (unpaired) electrons. The van der Waals surface area contributed by atoms with E-state index in [1.165, 1.54) is 19.1 Å². The highest BCUT2D eigenvalue weighted by Crippen LogP contribution is 2.21. The number of hydrogen-bond acceptors (Lipinski definition) is 2. The minimum Gasteiger partial charge on any atom is -0.355 e. The van der Waals surface area contributed by atoms with Gasteiger partial charge in [-0.05, 0) is 23.6 Å². The van der Waals surface area contributed by atoms with Crippen molar-refractivity contribution < 1.29 is 14.0 Å². The summed E-state index contributed by atoms with van der Waals surface area (Å²) >= 11 is 0. The quantitative estimate of drug-likeness (QED) is 0.702. The topological polar surface area (TPSA) is 70.2 Å². The molecule has 0 aromatic heterocycles. The lowest BCUT2D eigenvalue weighted by Gasteiger charge is -2.23. The van der Waals surface area contributed by atoms with Crippen LogP contribution in [0.1, 0.15) is 32.4 Å². The first-order valence-electron chi connectivity index (χ1n) is 6.94. The number of amides is 3. The van der Waals surface area contributed by atoms with Crippen LogP contribution < -0.4 is 16.0 Å². The average Bonchev–Trinajstić information content (AvgIpc) is 2.41. The van der Waals surface area contributed by atoms with Gasteiger partial charge in [0.25, 0.3) is 0 Å². The zero-order valence-corrected chi connectivity index (χ0v) is 12.6. The smallest absolute Gasteiger partial charge is 0.315 e. The van der Waals surface area contributed by atoms with E-state index in [9.17, 15) is 14.0 Å². The van der Waals surface area contributed by atoms with Gasteiger partial charge in [0, 0.05) is 20.0 Å². The maximum absolute atomic E-state index is 13.0. The summed E-state index contributed by atoms with van der Waals surface area (Å²) in [6.45, 7) is 6.10. The Morgan fingerprint density at radius 1 is 1.10 bits per heavy atom. The normalized spacial score (nSPS) is 11.9.